The number of ether oxygens (including phenoxy) is 2. The maximum Gasteiger partial charge on any atom is 0.410 e. The zero-order chi connectivity index (χ0) is 17.0. The van der Waals surface area contributed by atoms with Crippen molar-refractivity contribution in [2.24, 2.45) is 0 Å². The van der Waals surface area contributed by atoms with Gasteiger partial charge in [0.1, 0.15) is 5.60 Å². The molecule has 0 aliphatic carbocycles. The molecule has 1 aliphatic heterocycles. The second kappa shape index (κ2) is 7.00. The minimum absolute atomic E-state index is 0.00661. The van der Waals surface area contributed by atoms with Crippen LogP contribution in [0.2, 0.25) is 0 Å². The van der Waals surface area contributed by atoms with Crippen molar-refractivity contribution in [3.63, 3.8) is 0 Å². The highest BCUT2D eigenvalue weighted by Gasteiger charge is 2.27. The fraction of sp³-hybridized carbons (Fsp3) is 0.529. The van der Waals surface area contributed by atoms with Gasteiger partial charge in [-0.3, -0.25) is 0 Å². The molecule has 126 valence electrons. The van der Waals surface area contributed by atoms with E-state index in [-0.39, 0.29) is 17.6 Å². The van der Waals surface area contributed by atoms with Crippen LogP contribution in [0.25, 0.3) is 0 Å². The number of hydrogen-bond donors (Lipinski definition) is 1. The Bertz CT molecular complexity index is 561. The van der Waals surface area contributed by atoms with Gasteiger partial charge in [0.05, 0.1) is 18.8 Å². The summed E-state index contributed by atoms with van der Waals surface area (Å²) in [4.78, 5) is 24.8. The maximum absolute atomic E-state index is 12.3. The van der Waals surface area contributed by atoms with E-state index in [0.717, 1.165) is 5.56 Å². The highest BCUT2D eigenvalue weighted by Crippen LogP contribution is 2.22. The molecule has 1 heterocycles. The van der Waals surface area contributed by atoms with Gasteiger partial charge in [-0.05, 0) is 38.5 Å². The molecule has 1 fully saturated rings. The molecule has 0 bridgehead atoms. The first kappa shape index (κ1) is 17.3. The van der Waals surface area contributed by atoms with Crippen LogP contribution in [-0.4, -0.2) is 54.0 Å². The van der Waals surface area contributed by atoms with Crippen LogP contribution in [0.3, 0.4) is 0 Å². The van der Waals surface area contributed by atoms with Gasteiger partial charge in [0.15, 0.2) is 0 Å². The Morgan fingerprint density at radius 2 is 1.91 bits per heavy atom. The molecule has 6 nitrogen and oxygen atoms in total. The Labute approximate surface area is 136 Å². The van der Waals surface area contributed by atoms with Crippen LogP contribution in [0.5, 0.6) is 0 Å². The first-order chi connectivity index (χ1) is 10.8. The van der Waals surface area contributed by atoms with E-state index >= 15 is 0 Å². The molecule has 1 atom stereocenters. The summed E-state index contributed by atoms with van der Waals surface area (Å²) in [6.45, 7) is 7.43. The minimum atomic E-state index is -0.955. The number of aromatic carboxylic acids is 1. The lowest BCUT2D eigenvalue weighted by Gasteiger charge is -2.28. The van der Waals surface area contributed by atoms with Gasteiger partial charge in [-0.25, -0.2) is 9.59 Å². The van der Waals surface area contributed by atoms with Crippen molar-refractivity contribution >= 4 is 12.1 Å². The normalized spacial score (nSPS) is 19.1. The topological polar surface area (TPSA) is 76.1 Å². The Hall–Kier alpha value is -2.08. The molecule has 2 rings (SSSR count). The van der Waals surface area contributed by atoms with Gasteiger partial charge in [0.25, 0.3) is 0 Å². The van der Waals surface area contributed by atoms with Crippen LogP contribution in [0.15, 0.2) is 24.3 Å². The molecule has 0 saturated carbocycles. The molecule has 1 aromatic rings. The number of carboxylic acids is 1. The lowest BCUT2D eigenvalue weighted by atomic mass is 9.98. The van der Waals surface area contributed by atoms with E-state index in [0.29, 0.717) is 26.3 Å². The van der Waals surface area contributed by atoms with E-state index < -0.39 is 11.6 Å². The SMILES string of the molecule is CC(C)(C)OC(=O)N1CCOCC(c2ccc(C(=O)O)cc2)C1. The van der Waals surface area contributed by atoms with E-state index in [4.69, 9.17) is 14.6 Å². The molecule has 1 saturated heterocycles. The summed E-state index contributed by atoms with van der Waals surface area (Å²) in [7, 11) is 0. The van der Waals surface area contributed by atoms with Crippen molar-refractivity contribution in [2.45, 2.75) is 32.3 Å². The predicted molar refractivity (Wildman–Crippen MR) is 84.8 cm³/mol. The lowest BCUT2D eigenvalue weighted by Crippen LogP contribution is -2.39. The van der Waals surface area contributed by atoms with Crippen LogP contribution in [0.4, 0.5) is 4.79 Å². The highest BCUT2D eigenvalue weighted by molar-refractivity contribution is 5.87. The van der Waals surface area contributed by atoms with E-state index in [2.05, 4.69) is 0 Å². The van der Waals surface area contributed by atoms with E-state index in [9.17, 15) is 9.59 Å². The third-order valence-corrected chi connectivity index (χ3v) is 3.55. The number of carbonyl (C=O) groups is 2. The van der Waals surface area contributed by atoms with Crippen molar-refractivity contribution in [3.05, 3.63) is 35.4 Å². The maximum atomic E-state index is 12.3. The third kappa shape index (κ3) is 4.96. The molecule has 1 N–H and O–H groups in total. The van der Waals surface area contributed by atoms with Gasteiger partial charge in [-0.15, -0.1) is 0 Å². The van der Waals surface area contributed by atoms with Crippen LogP contribution < -0.4 is 0 Å². The molecule has 1 aliphatic rings. The van der Waals surface area contributed by atoms with Crippen molar-refractivity contribution in [2.75, 3.05) is 26.3 Å². The molecule has 23 heavy (non-hydrogen) atoms. The van der Waals surface area contributed by atoms with Crippen LogP contribution >= 0.6 is 0 Å². The fourth-order valence-corrected chi connectivity index (χ4v) is 2.40. The summed E-state index contributed by atoms with van der Waals surface area (Å²) in [5, 5.41) is 8.96. The van der Waals surface area contributed by atoms with Crippen molar-refractivity contribution < 1.29 is 24.2 Å². The predicted octanol–water partition coefficient (Wildman–Crippen LogP) is 2.74. The monoisotopic (exact) mass is 321 g/mol. The molecular formula is C17H23NO5. The standard InChI is InChI=1S/C17H23NO5/c1-17(2,3)23-16(21)18-8-9-22-11-14(10-18)12-4-6-13(7-5-12)15(19)20/h4-7,14H,8-11H2,1-3H3,(H,19,20). The number of amides is 1. The second-order valence-electron chi connectivity index (χ2n) is 6.63. The van der Waals surface area contributed by atoms with E-state index in [1.807, 2.05) is 20.8 Å². The largest absolute Gasteiger partial charge is 0.478 e. The Morgan fingerprint density at radius 3 is 2.48 bits per heavy atom. The molecule has 1 unspecified atom stereocenters. The molecule has 0 spiro atoms. The number of benzene rings is 1. The molecule has 1 aromatic carbocycles. The van der Waals surface area contributed by atoms with Gasteiger partial charge >= 0.3 is 12.1 Å². The van der Waals surface area contributed by atoms with Crippen molar-refractivity contribution in [1.82, 2.24) is 4.90 Å². The Kier molecular flexibility index (Phi) is 5.26. The molecule has 6 heteroatoms. The molecule has 1 amide bonds. The average Bonchev–Trinajstić information content (AvgIpc) is 2.71. The van der Waals surface area contributed by atoms with Gasteiger partial charge < -0.3 is 19.5 Å². The van der Waals surface area contributed by atoms with Crippen LogP contribution in [0, 0.1) is 0 Å². The van der Waals surface area contributed by atoms with Crippen molar-refractivity contribution in [1.29, 1.82) is 0 Å². The van der Waals surface area contributed by atoms with Crippen molar-refractivity contribution in [3.8, 4) is 0 Å². The van der Waals surface area contributed by atoms with Gasteiger partial charge in [-0.1, -0.05) is 12.1 Å². The quantitative estimate of drug-likeness (QED) is 0.906. The average molecular weight is 321 g/mol. The number of carbonyl (C=O) groups excluding carboxylic acids is 1. The molecule has 0 radical (unpaired) electrons. The summed E-state index contributed by atoms with van der Waals surface area (Å²) in [6, 6.07) is 6.69. The van der Waals surface area contributed by atoms with Gasteiger partial charge in [0.2, 0.25) is 0 Å². The first-order valence-corrected chi connectivity index (χ1v) is 7.65. The summed E-state index contributed by atoms with van der Waals surface area (Å²) in [5.41, 5.74) is 0.654. The Morgan fingerprint density at radius 1 is 1.26 bits per heavy atom. The minimum Gasteiger partial charge on any atom is -0.478 e. The summed E-state index contributed by atoms with van der Waals surface area (Å²) < 4.78 is 11.0. The highest BCUT2D eigenvalue weighted by atomic mass is 16.6. The summed E-state index contributed by atoms with van der Waals surface area (Å²) in [5.74, 6) is -0.961. The number of nitrogens with zero attached hydrogens (tertiary/aromatic N) is 1. The van der Waals surface area contributed by atoms with E-state index in [1.54, 1.807) is 29.2 Å². The van der Waals surface area contributed by atoms with Gasteiger partial charge in [-0.2, -0.15) is 0 Å². The second-order valence-corrected chi connectivity index (χ2v) is 6.63. The Balaban J connectivity index is 2.09. The lowest BCUT2D eigenvalue weighted by molar-refractivity contribution is 0.0240. The summed E-state index contributed by atoms with van der Waals surface area (Å²) >= 11 is 0. The third-order valence-electron chi connectivity index (χ3n) is 3.55. The first-order valence-electron chi connectivity index (χ1n) is 7.65. The smallest absolute Gasteiger partial charge is 0.410 e. The van der Waals surface area contributed by atoms with E-state index in [1.165, 1.54) is 0 Å². The number of carboxylic acid groups (broad SMARTS) is 1. The van der Waals surface area contributed by atoms with Gasteiger partial charge in [0, 0.05) is 19.0 Å². The fourth-order valence-electron chi connectivity index (χ4n) is 2.40. The zero-order valence-corrected chi connectivity index (χ0v) is 13.7. The zero-order valence-electron chi connectivity index (χ0n) is 13.7. The number of hydrogen-bond acceptors (Lipinski definition) is 4. The summed E-state index contributed by atoms with van der Waals surface area (Å²) in [6.07, 6.45) is -0.352. The number of rotatable bonds is 2. The molecule has 0 aromatic heterocycles. The van der Waals surface area contributed by atoms with Crippen LogP contribution in [-0.2, 0) is 9.47 Å². The molecular weight excluding hydrogens is 298 g/mol. The van der Waals surface area contributed by atoms with Crippen LogP contribution in [0.1, 0.15) is 42.6 Å².